The molecule has 5 heteroatoms. The Morgan fingerprint density at radius 2 is 2.00 bits per heavy atom. The van der Waals surface area contributed by atoms with Crippen molar-refractivity contribution in [3.63, 3.8) is 0 Å². The Bertz CT molecular complexity index is 634. The van der Waals surface area contributed by atoms with Crippen LogP contribution in [0.1, 0.15) is 56.7 Å². The number of hydrogen-bond donors (Lipinski definition) is 0. The minimum absolute atomic E-state index is 0.320. The van der Waals surface area contributed by atoms with Crippen LogP contribution in [-0.4, -0.2) is 55.6 Å². The molecule has 5 nitrogen and oxygen atoms in total. The molecular formula is C21H32N2O3. The largest absolute Gasteiger partial charge is 0.493 e. The topological polar surface area (TPSA) is 42.0 Å². The Kier molecular flexibility index (Phi) is 6.07. The van der Waals surface area contributed by atoms with Crippen molar-refractivity contribution in [2.24, 2.45) is 0 Å². The number of carbonyl (C=O) groups excluding carboxylic acids is 1. The maximum Gasteiger partial charge on any atom is 0.210 e. The Balaban J connectivity index is 1.78. The maximum absolute atomic E-state index is 11.7. The third-order valence-corrected chi connectivity index (χ3v) is 6.09. The van der Waals surface area contributed by atoms with E-state index in [0.29, 0.717) is 18.1 Å². The second-order valence-corrected chi connectivity index (χ2v) is 7.59. The molecule has 2 aliphatic rings. The molecule has 1 amide bonds. The van der Waals surface area contributed by atoms with Crippen molar-refractivity contribution in [2.75, 3.05) is 27.3 Å². The predicted octanol–water partition coefficient (Wildman–Crippen LogP) is 3.41. The molecular weight excluding hydrogens is 328 g/mol. The standard InChI is InChI=1S/C21H32N2O3/c1-5-6-15(2)23(14-24)17-7-8-19-18-12-21(26-4)20(25-3)11-16(18)9-10-22(19)13-17/h11-12,14-15,17,19H,5-10,13H2,1-4H3/t15?,17-,19?/m1/s1. The Hall–Kier alpha value is -1.75. The van der Waals surface area contributed by atoms with E-state index in [1.54, 1.807) is 14.2 Å². The van der Waals surface area contributed by atoms with E-state index in [1.165, 1.54) is 11.1 Å². The quantitative estimate of drug-likeness (QED) is 0.699. The highest BCUT2D eigenvalue weighted by Gasteiger charge is 2.36. The van der Waals surface area contributed by atoms with Crippen molar-refractivity contribution < 1.29 is 14.3 Å². The summed E-state index contributed by atoms with van der Waals surface area (Å²) in [4.78, 5) is 16.3. The number of amides is 1. The van der Waals surface area contributed by atoms with Gasteiger partial charge in [-0.1, -0.05) is 13.3 Å². The molecule has 0 aliphatic carbocycles. The lowest BCUT2D eigenvalue weighted by atomic mass is 9.84. The third-order valence-electron chi connectivity index (χ3n) is 6.09. The van der Waals surface area contributed by atoms with E-state index in [0.717, 1.165) is 63.1 Å². The average molecular weight is 360 g/mol. The number of fused-ring (bicyclic) bond motifs is 3. The molecule has 0 aromatic heterocycles. The molecule has 144 valence electrons. The van der Waals surface area contributed by atoms with Crippen LogP contribution in [0.15, 0.2) is 12.1 Å². The van der Waals surface area contributed by atoms with Crippen molar-refractivity contribution in [3.05, 3.63) is 23.3 Å². The first-order valence-electron chi connectivity index (χ1n) is 9.84. The van der Waals surface area contributed by atoms with E-state index in [4.69, 9.17) is 9.47 Å². The first kappa shape index (κ1) is 19.0. The molecule has 2 heterocycles. The lowest BCUT2D eigenvalue weighted by molar-refractivity contribution is -0.124. The zero-order valence-corrected chi connectivity index (χ0v) is 16.5. The summed E-state index contributed by atoms with van der Waals surface area (Å²) in [5.74, 6) is 1.62. The van der Waals surface area contributed by atoms with Crippen molar-refractivity contribution in [3.8, 4) is 11.5 Å². The van der Waals surface area contributed by atoms with E-state index in [1.807, 2.05) is 0 Å². The molecule has 0 radical (unpaired) electrons. The van der Waals surface area contributed by atoms with Crippen LogP contribution in [0.5, 0.6) is 11.5 Å². The summed E-state index contributed by atoms with van der Waals surface area (Å²) in [5.41, 5.74) is 2.74. The SMILES string of the molecule is CCCC(C)N(C=O)[C@@H]1CCC2c3cc(OC)c(OC)cc3CCN2C1. The van der Waals surface area contributed by atoms with Crippen molar-refractivity contribution in [1.29, 1.82) is 0 Å². The minimum atomic E-state index is 0.320. The van der Waals surface area contributed by atoms with Gasteiger partial charge in [0.2, 0.25) is 6.41 Å². The lowest BCUT2D eigenvalue weighted by Crippen LogP contribution is -2.52. The first-order chi connectivity index (χ1) is 12.6. The van der Waals surface area contributed by atoms with E-state index in [2.05, 4.69) is 35.8 Å². The zero-order valence-electron chi connectivity index (χ0n) is 16.5. The number of hydrogen-bond acceptors (Lipinski definition) is 4. The minimum Gasteiger partial charge on any atom is -0.493 e. The molecule has 3 atom stereocenters. The van der Waals surface area contributed by atoms with E-state index < -0.39 is 0 Å². The Labute approximate surface area is 157 Å². The van der Waals surface area contributed by atoms with E-state index >= 15 is 0 Å². The number of rotatable bonds is 7. The number of carbonyl (C=O) groups is 1. The van der Waals surface area contributed by atoms with Crippen molar-refractivity contribution in [2.45, 2.75) is 64.1 Å². The molecule has 3 rings (SSSR count). The number of benzene rings is 1. The normalized spacial score (nSPS) is 23.5. The number of nitrogens with zero attached hydrogens (tertiary/aromatic N) is 2. The predicted molar refractivity (Wildman–Crippen MR) is 103 cm³/mol. The molecule has 0 bridgehead atoms. The molecule has 1 fully saturated rings. The molecule has 0 N–H and O–H groups in total. The molecule has 2 aliphatic heterocycles. The van der Waals surface area contributed by atoms with Gasteiger partial charge in [0.05, 0.1) is 14.2 Å². The van der Waals surface area contributed by atoms with Gasteiger partial charge < -0.3 is 14.4 Å². The second kappa shape index (κ2) is 8.30. The van der Waals surface area contributed by atoms with Crippen LogP contribution in [0.25, 0.3) is 0 Å². The van der Waals surface area contributed by atoms with Crippen LogP contribution in [0.3, 0.4) is 0 Å². The number of methoxy groups -OCH3 is 2. The van der Waals surface area contributed by atoms with E-state index in [9.17, 15) is 4.79 Å². The van der Waals surface area contributed by atoms with Gasteiger partial charge in [0.1, 0.15) is 0 Å². The Morgan fingerprint density at radius 3 is 2.65 bits per heavy atom. The molecule has 26 heavy (non-hydrogen) atoms. The van der Waals surface area contributed by atoms with Crippen LogP contribution in [-0.2, 0) is 11.2 Å². The molecule has 0 saturated carbocycles. The van der Waals surface area contributed by atoms with Crippen LogP contribution in [0.4, 0.5) is 0 Å². The number of piperidine rings is 1. The maximum atomic E-state index is 11.7. The van der Waals surface area contributed by atoms with Gasteiger partial charge in [-0.15, -0.1) is 0 Å². The molecule has 2 unspecified atom stereocenters. The summed E-state index contributed by atoms with van der Waals surface area (Å²) in [6, 6.07) is 5.36. The molecule has 0 spiro atoms. The Morgan fingerprint density at radius 1 is 1.27 bits per heavy atom. The summed E-state index contributed by atoms with van der Waals surface area (Å²) in [5, 5.41) is 0. The van der Waals surface area contributed by atoms with Crippen molar-refractivity contribution in [1.82, 2.24) is 9.80 Å². The summed E-state index contributed by atoms with van der Waals surface area (Å²) >= 11 is 0. The second-order valence-electron chi connectivity index (χ2n) is 7.59. The van der Waals surface area contributed by atoms with Crippen LogP contribution < -0.4 is 9.47 Å². The fourth-order valence-corrected chi connectivity index (χ4v) is 4.71. The van der Waals surface area contributed by atoms with Gasteiger partial charge in [-0.25, -0.2) is 0 Å². The van der Waals surface area contributed by atoms with Gasteiger partial charge in [0.25, 0.3) is 0 Å². The zero-order chi connectivity index (χ0) is 18.7. The fraction of sp³-hybridized carbons (Fsp3) is 0.667. The highest BCUT2D eigenvalue weighted by molar-refractivity contribution is 5.50. The van der Waals surface area contributed by atoms with Crippen LogP contribution in [0.2, 0.25) is 0 Å². The molecule has 1 aromatic carbocycles. The first-order valence-corrected chi connectivity index (χ1v) is 9.84. The highest BCUT2D eigenvalue weighted by atomic mass is 16.5. The highest BCUT2D eigenvalue weighted by Crippen LogP contribution is 2.42. The molecule has 1 aromatic rings. The number of ether oxygens (including phenoxy) is 2. The van der Waals surface area contributed by atoms with Gasteiger partial charge in [0, 0.05) is 31.2 Å². The smallest absolute Gasteiger partial charge is 0.210 e. The van der Waals surface area contributed by atoms with Gasteiger partial charge in [-0.3, -0.25) is 9.69 Å². The summed E-state index contributed by atoms with van der Waals surface area (Å²) in [6.07, 6.45) is 6.40. The monoisotopic (exact) mass is 360 g/mol. The van der Waals surface area contributed by atoms with Crippen LogP contribution >= 0.6 is 0 Å². The third kappa shape index (κ3) is 3.54. The van der Waals surface area contributed by atoms with Crippen molar-refractivity contribution >= 4 is 6.41 Å². The van der Waals surface area contributed by atoms with Gasteiger partial charge >= 0.3 is 0 Å². The summed E-state index contributed by atoms with van der Waals surface area (Å²) in [6.45, 7) is 6.36. The van der Waals surface area contributed by atoms with Gasteiger partial charge in [0.15, 0.2) is 11.5 Å². The lowest BCUT2D eigenvalue weighted by Gasteiger charge is -2.47. The van der Waals surface area contributed by atoms with E-state index in [-0.39, 0.29) is 0 Å². The molecule has 1 saturated heterocycles. The fourth-order valence-electron chi connectivity index (χ4n) is 4.71. The summed E-state index contributed by atoms with van der Waals surface area (Å²) in [7, 11) is 3.38. The van der Waals surface area contributed by atoms with Gasteiger partial charge in [-0.05, 0) is 55.9 Å². The van der Waals surface area contributed by atoms with Gasteiger partial charge in [-0.2, -0.15) is 0 Å². The average Bonchev–Trinajstić information content (AvgIpc) is 2.67. The van der Waals surface area contributed by atoms with Crippen LogP contribution in [0, 0.1) is 0 Å². The summed E-state index contributed by atoms with van der Waals surface area (Å²) < 4.78 is 11.0.